The average Bonchev–Trinajstić information content (AvgIpc) is 3.15. The van der Waals surface area contributed by atoms with Gasteiger partial charge in [0.2, 0.25) is 0 Å². The first kappa shape index (κ1) is 14.1. The van der Waals surface area contributed by atoms with Crippen LogP contribution in [0.1, 0.15) is 5.69 Å². The number of hydrogen-bond donors (Lipinski definition) is 0. The molecule has 0 saturated carbocycles. The molecule has 0 aliphatic carbocycles. The average molecular weight is 324 g/mol. The molecule has 1 aliphatic heterocycles. The van der Waals surface area contributed by atoms with Crippen molar-refractivity contribution in [1.82, 2.24) is 9.99 Å². The van der Waals surface area contributed by atoms with E-state index in [2.05, 4.69) is 10.1 Å². The largest absolute Gasteiger partial charge is 0.433 e. The van der Waals surface area contributed by atoms with Gasteiger partial charge in [-0.05, 0) is 6.07 Å². The Labute approximate surface area is 128 Å². The SMILES string of the molecule is O=[N+]([O-])c1ccc(-c2nc(/C=N/N3CCSCC3)cs2)o1. The summed E-state index contributed by atoms with van der Waals surface area (Å²) in [5.74, 6) is 2.31. The van der Waals surface area contributed by atoms with Gasteiger partial charge in [-0.3, -0.25) is 15.1 Å². The number of nitro groups is 1. The number of thioether (sulfide) groups is 1. The third kappa shape index (κ3) is 3.42. The Kier molecular flexibility index (Phi) is 4.20. The molecule has 7 nitrogen and oxygen atoms in total. The van der Waals surface area contributed by atoms with E-state index in [9.17, 15) is 10.1 Å². The van der Waals surface area contributed by atoms with E-state index in [0.717, 1.165) is 30.3 Å². The second-order valence-electron chi connectivity index (χ2n) is 4.28. The van der Waals surface area contributed by atoms with E-state index in [1.807, 2.05) is 22.2 Å². The molecule has 2 aromatic rings. The number of rotatable bonds is 4. The van der Waals surface area contributed by atoms with Gasteiger partial charge in [-0.15, -0.1) is 11.3 Å². The molecule has 0 bridgehead atoms. The molecule has 3 rings (SSSR count). The van der Waals surface area contributed by atoms with Gasteiger partial charge in [0, 0.05) is 30.0 Å². The Bertz CT molecular complexity index is 661. The van der Waals surface area contributed by atoms with Crippen molar-refractivity contribution in [1.29, 1.82) is 0 Å². The van der Waals surface area contributed by atoms with Crippen LogP contribution in [0.25, 0.3) is 10.8 Å². The summed E-state index contributed by atoms with van der Waals surface area (Å²) in [5.41, 5.74) is 0.729. The van der Waals surface area contributed by atoms with Gasteiger partial charge in [0.05, 0.1) is 18.0 Å². The van der Waals surface area contributed by atoms with Crippen LogP contribution in [0.4, 0.5) is 5.88 Å². The van der Waals surface area contributed by atoms with Gasteiger partial charge in [0.25, 0.3) is 0 Å². The molecule has 3 heterocycles. The second-order valence-corrected chi connectivity index (χ2v) is 6.37. The molecule has 2 aromatic heterocycles. The molecule has 0 unspecified atom stereocenters. The molecule has 0 aromatic carbocycles. The van der Waals surface area contributed by atoms with Crippen molar-refractivity contribution in [2.45, 2.75) is 0 Å². The van der Waals surface area contributed by atoms with Crippen molar-refractivity contribution in [3.05, 3.63) is 33.3 Å². The maximum absolute atomic E-state index is 10.6. The van der Waals surface area contributed by atoms with Crippen molar-refractivity contribution in [2.75, 3.05) is 24.6 Å². The van der Waals surface area contributed by atoms with E-state index in [1.165, 1.54) is 17.4 Å². The van der Waals surface area contributed by atoms with Gasteiger partial charge in [-0.2, -0.15) is 16.9 Å². The van der Waals surface area contributed by atoms with Gasteiger partial charge < -0.3 is 4.42 Å². The quantitative estimate of drug-likeness (QED) is 0.488. The molecule has 0 atom stereocenters. The first-order chi connectivity index (χ1) is 10.2. The van der Waals surface area contributed by atoms with Crippen molar-refractivity contribution in [3.63, 3.8) is 0 Å². The van der Waals surface area contributed by atoms with Crippen LogP contribution in [0.15, 0.2) is 27.0 Å². The lowest BCUT2D eigenvalue weighted by atomic mass is 10.4. The van der Waals surface area contributed by atoms with Crippen LogP contribution in [0.3, 0.4) is 0 Å². The first-order valence-corrected chi connectivity index (χ1v) is 8.32. The normalized spacial score (nSPS) is 15.7. The fourth-order valence-electron chi connectivity index (χ4n) is 1.81. The van der Waals surface area contributed by atoms with E-state index in [4.69, 9.17) is 4.42 Å². The van der Waals surface area contributed by atoms with Crippen LogP contribution < -0.4 is 0 Å². The van der Waals surface area contributed by atoms with Crippen molar-refractivity contribution in [2.24, 2.45) is 5.10 Å². The number of thiazole rings is 1. The van der Waals surface area contributed by atoms with Crippen LogP contribution in [0.5, 0.6) is 0 Å². The Hall–Kier alpha value is -1.87. The molecule has 0 radical (unpaired) electrons. The number of nitrogens with zero attached hydrogens (tertiary/aromatic N) is 4. The Morgan fingerprint density at radius 3 is 2.95 bits per heavy atom. The van der Waals surface area contributed by atoms with Crippen LogP contribution in [-0.2, 0) is 0 Å². The fourth-order valence-corrected chi connectivity index (χ4v) is 3.42. The molecule has 1 fully saturated rings. The molecule has 0 amide bonds. The number of furan rings is 1. The van der Waals surface area contributed by atoms with Crippen molar-refractivity contribution in [3.8, 4) is 10.8 Å². The highest BCUT2D eigenvalue weighted by Crippen LogP contribution is 2.28. The molecule has 110 valence electrons. The highest BCUT2D eigenvalue weighted by atomic mass is 32.2. The summed E-state index contributed by atoms with van der Waals surface area (Å²) < 4.78 is 5.13. The van der Waals surface area contributed by atoms with Crippen molar-refractivity contribution >= 4 is 35.2 Å². The summed E-state index contributed by atoms with van der Waals surface area (Å²) in [6.07, 6.45) is 1.72. The molecule has 9 heteroatoms. The van der Waals surface area contributed by atoms with Crippen LogP contribution >= 0.6 is 23.1 Å². The van der Waals surface area contributed by atoms with Crippen LogP contribution in [0.2, 0.25) is 0 Å². The van der Waals surface area contributed by atoms with E-state index in [1.54, 1.807) is 12.3 Å². The molecular formula is C12H12N4O3S2. The maximum atomic E-state index is 10.6. The summed E-state index contributed by atoms with van der Waals surface area (Å²) in [5, 5.41) is 19.5. The summed E-state index contributed by atoms with van der Waals surface area (Å²) >= 11 is 3.30. The highest BCUT2D eigenvalue weighted by Gasteiger charge is 2.15. The topological polar surface area (TPSA) is 84.8 Å². The summed E-state index contributed by atoms with van der Waals surface area (Å²) in [6, 6.07) is 2.88. The minimum atomic E-state index is -0.562. The minimum Gasteiger partial charge on any atom is -0.398 e. The molecule has 0 spiro atoms. The predicted molar refractivity (Wildman–Crippen MR) is 83.0 cm³/mol. The van der Waals surface area contributed by atoms with Crippen LogP contribution in [-0.4, -0.2) is 45.7 Å². The molecule has 21 heavy (non-hydrogen) atoms. The Morgan fingerprint density at radius 2 is 2.24 bits per heavy atom. The molecule has 1 saturated heterocycles. The van der Waals surface area contributed by atoms with Crippen LogP contribution in [0, 0.1) is 10.1 Å². The third-order valence-corrected chi connectivity index (χ3v) is 4.66. The van der Waals surface area contributed by atoms with Gasteiger partial charge in [0.15, 0.2) is 10.8 Å². The van der Waals surface area contributed by atoms with Gasteiger partial charge in [-0.25, -0.2) is 4.98 Å². The van der Waals surface area contributed by atoms with E-state index >= 15 is 0 Å². The lowest BCUT2D eigenvalue weighted by molar-refractivity contribution is -0.401. The highest BCUT2D eigenvalue weighted by molar-refractivity contribution is 7.99. The molecule has 1 aliphatic rings. The minimum absolute atomic E-state index is 0.277. The second kappa shape index (κ2) is 6.27. The zero-order valence-corrected chi connectivity index (χ0v) is 12.6. The smallest absolute Gasteiger partial charge is 0.398 e. The number of hydrogen-bond acceptors (Lipinski definition) is 8. The van der Waals surface area contributed by atoms with E-state index in [0.29, 0.717) is 10.8 Å². The third-order valence-electron chi connectivity index (χ3n) is 2.85. The molecular weight excluding hydrogens is 312 g/mol. The zero-order chi connectivity index (χ0) is 14.7. The van der Waals surface area contributed by atoms with Crippen molar-refractivity contribution < 1.29 is 9.34 Å². The lowest BCUT2D eigenvalue weighted by Gasteiger charge is -2.22. The predicted octanol–water partition coefficient (Wildman–Crippen LogP) is 2.69. The number of aromatic nitrogens is 1. The zero-order valence-electron chi connectivity index (χ0n) is 11.0. The van der Waals surface area contributed by atoms with Gasteiger partial charge in [0.1, 0.15) is 4.92 Å². The monoisotopic (exact) mass is 324 g/mol. The first-order valence-electron chi connectivity index (χ1n) is 6.29. The van der Waals surface area contributed by atoms with E-state index < -0.39 is 4.92 Å². The standard InChI is InChI=1S/C12H12N4O3S2/c17-16(18)11-2-1-10(19-11)12-14-9(8-21-12)7-13-15-3-5-20-6-4-15/h1-2,7-8H,3-6H2/b13-7+. The summed E-state index contributed by atoms with van der Waals surface area (Å²) in [6.45, 7) is 1.89. The Morgan fingerprint density at radius 1 is 1.43 bits per heavy atom. The van der Waals surface area contributed by atoms with Gasteiger partial charge >= 0.3 is 5.88 Å². The van der Waals surface area contributed by atoms with E-state index in [-0.39, 0.29) is 5.88 Å². The number of hydrazone groups is 1. The fraction of sp³-hybridized carbons (Fsp3) is 0.333. The Balaban J connectivity index is 1.70. The van der Waals surface area contributed by atoms with Gasteiger partial charge in [-0.1, -0.05) is 0 Å². The summed E-state index contributed by atoms with van der Waals surface area (Å²) in [4.78, 5) is 14.4. The maximum Gasteiger partial charge on any atom is 0.433 e. The lowest BCUT2D eigenvalue weighted by Crippen LogP contribution is -2.27. The molecule has 0 N–H and O–H groups in total. The summed E-state index contributed by atoms with van der Waals surface area (Å²) in [7, 11) is 0.